The van der Waals surface area contributed by atoms with Gasteiger partial charge in [-0.25, -0.2) is 0 Å². The molecule has 0 radical (unpaired) electrons. The number of carboxylic acids is 1. The summed E-state index contributed by atoms with van der Waals surface area (Å²) in [6, 6.07) is 6.98. The number of carboxylic acid groups (broad SMARTS) is 1. The van der Waals surface area contributed by atoms with E-state index in [4.69, 9.17) is 0 Å². The second-order valence-electron chi connectivity index (χ2n) is 5.69. The largest absolute Gasteiger partial charge is 0.481 e. The van der Waals surface area contributed by atoms with Crippen LogP contribution >= 0.6 is 0 Å². The number of para-hydroxylation sites is 1. The average Bonchev–Trinajstić information content (AvgIpc) is 2.48. The Balaban J connectivity index is 2.07. The fourth-order valence-corrected chi connectivity index (χ4v) is 2.98. The molecule has 0 heterocycles. The number of carbonyl (C=O) groups is 2. The highest BCUT2D eigenvalue weighted by atomic mass is 16.4. The summed E-state index contributed by atoms with van der Waals surface area (Å²) < 4.78 is 0. The molecular weight excluding hydrogens is 270 g/mol. The van der Waals surface area contributed by atoms with Gasteiger partial charge in [0.1, 0.15) is 0 Å². The number of hydrogen-bond acceptors (Lipinski definition) is 3. The molecule has 0 spiro atoms. The van der Waals surface area contributed by atoms with Crippen LogP contribution in [-0.2, 0) is 16.2 Å². The van der Waals surface area contributed by atoms with E-state index in [9.17, 15) is 19.8 Å². The molecule has 2 rings (SSSR count). The van der Waals surface area contributed by atoms with Gasteiger partial charge in [0, 0.05) is 17.7 Å². The van der Waals surface area contributed by atoms with E-state index in [2.05, 4.69) is 5.32 Å². The Morgan fingerprint density at radius 2 is 1.81 bits per heavy atom. The molecule has 0 aromatic heterocycles. The van der Waals surface area contributed by atoms with Crippen molar-refractivity contribution in [2.75, 3.05) is 5.32 Å². The van der Waals surface area contributed by atoms with Crippen LogP contribution in [0.25, 0.3) is 0 Å². The van der Waals surface area contributed by atoms with Gasteiger partial charge in [-0.3, -0.25) is 9.59 Å². The molecule has 0 saturated heterocycles. The highest BCUT2D eigenvalue weighted by Crippen LogP contribution is 2.39. The molecule has 5 heteroatoms. The highest BCUT2D eigenvalue weighted by Gasteiger charge is 2.41. The third-order valence-corrected chi connectivity index (χ3v) is 4.23. The molecule has 0 aliphatic heterocycles. The molecule has 0 unspecified atom stereocenters. The zero-order valence-corrected chi connectivity index (χ0v) is 12.0. The minimum absolute atomic E-state index is 0.0118. The molecule has 1 aliphatic rings. The molecule has 5 nitrogen and oxygen atoms in total. The van der Waals surface area contributed by atoms with Crippen molar-refractivity contribution in [3.63, 3.8) is 0 Å². The van der Waals surface area contributed by atoms with Gasteiger partial charge < -0.3 is 15.5 Å². The summed E-state index contributed by atoms with van der Waals surface area (Å²) in [6.45, 7) is -0.166. The molecule has 1 aliphatic carbocycles. The summed E-state index contributed by atoms with van der Waals surface area (Å²) >= 11 is 0. The fourth-order valence-electron chi connectivity index (χ4n) is 2.98. The van der Waals surface area contributed by atoms with Crippen molar-refractivity contribution in [3.05, 3.63) is 29.8 Å². The van der Waals surface area contributed by atoms with Crippen LogP contribution in [0.4, 0.5) is 5.69 Å². The fraction of sp³-hybridized carbons (Fsp3) is 0.500. The third-order valence-electron chi connectivity index (χ3n) is 4.23. The van der Waals surface area contributed by atoms with Gasteiger partial charge >= 0.3 is 5.97 Å². The van der Waals surface area contributed by atoms with Crippen molar-refractivity contribution in [3.8, 4) is 0 Å². The maximum atomic E-state index is 12.2. The van der Waals surface area contributed by atoms with Crippen LogP contribution in [0, 0.1) is 5.41 Å². The quantitative estimate of drug-likeness (QED) is 0.778. The van der Waals surface area contributed by atoms with Gasteiger partial charge in [0.15, 0.2) is 0 Å². The molecule has 1 fully saturated rings. The summed E-state index contributed by atoms with van der Waals surface area (Å²) in [7, 11) is 0. The molecule has 1 aromatic rings. The Labute approximate surface area is 124 Å². The number of anilines is 1. The van der Waals surface area contributed by atoms with Gasteiger partial charge in [0.05, 0.1) is 12.0 Å². The highest BCUT2D eigenvalue weighted by molar-refractivity contribution is 5.94. The summed E-state index contributed by atoms with van der Waals surface area (Å²) in [4.78, 5) is 23.8. The SMILES string of the molecule is O=C(CC1(C(=O)O)CCCCC1)Nc1ccccc1CO. The first-order valence-corrected chi connectivity index (χ1v) is 7.29. The number of aliphatic carboxylic acids is 1. The number of hydrogen-bond donors (Lipinski definition) is 3. The van der Waals surface area contributed by atoms with Crippen LogP contribution in [-0.4, -0.2) is 22.1 Å². The summed E-state index contributed by atoms with van der Waals surface area (Å²) in [5.41, 5.74) is 0.233. The van der Waals surface area contributed by atoms with Crippen molar-refractivity contribution in [1.82, 2.24) is 0 Å². The second-order valence-corrected chi connectivity index (χ2v) is 5.69. The van der Waals surface area contributed by atoms with E-state index in [-0.39, 0.29) is 18.9 Å². The predicted molar refractivity (Wildman–Crippen MR) is 78.8 cm³/mol. The van der Waals surface area contributed by atoms with E-state index in [1.165, 1.54) is 0 Å². The first kappa shape index (κ1) is 15.5. The van der Waals surface area contributed by atoms with E-state index in [0.29, 0.717) is 24.1 Å². The number of benzene rings is 1. The lowest BCUT2D eigenvalue weighted by atomic mass is 9.71. The van der Waals surface area contributed by atoms with Gasteiger partial charge in [-0.2, -0.15) is 0 Å². The number of rotatable bonds is 5. The van der Waals surface area contributed by atoms with Gasteiger partial charge in [0.25, 0.3) is 0 Å². The number of amides is 1. The maximum Gasteiger partial charge on any atom is 0.310 e. The smallest absolute Gasteiger partial charge is 0.310 e. The van der Waals surface area contributed by atoms with Crippen LogP contribution in [0.1, 0.15) is 44.1 Å². The minimum atomic E-state index is -0.934. The van der Waals surface area contributed by atoms with E-state index < -0.39 is 11.4 Å². The molecule has 114 valence electrons. The average molecular weight is 291 g/mol. The Bertz CT molecular complexity index is 521. The first-order chi connectivity index (χ1) is 10.1. The minimum Gasteiger partial charge on any atom is -0.481 e. The number of nitrogens with one attached hydrogen (secondary N) is 1. The van der Waals surface area contributed by atoms with Crippen LogP contribution < -0.4 is 5.32 Å². The molecule has 21 heavy (non-hydrogen) atoms. The zero-order valence-electron chi connectivity index (χ0n) is 12.0. The van der Waals surface area contributed by atoms with Crippen molar-refractivity contribution >= 4 is 17.6 Å². The van der Waals surface area contributed by atoms with Gasteiger partial charge in [-0.05, 0) is 18.9 Å². The lowest BCUT2D eigenvalue weighted by Crippen LogP contribution is -2.37. The van der Waals surface area contributed by atoms with Gasteiger partial charge in [-0.1, -0.05) is 37.5 Å². The van der Waals surface area contributed by atoms with Crippen molar-refractivity contribution in [1.29, 1.82) is 0 Å². The maximum absolute atomic E-state index is 12.2. The Morgan fingerprint density at radius 3 is 2.43 bits per heavy atom. The third kappa shape index (κ3) is 3.61. The van der Waals surface area contributed by atoms with Crippen LogP contribution in [0.2, 0.25) is 0 Å². The van der Waals surface area contributed by atoms with Gasteiger partial charge in [-0.15, -0.1) is 0 Å². The predicted octanol–water partition coefficient (Wildman–Crippen LogP) is 2.54. The van der Waals surface area contributed by atoms with E-state index in [1.54, 1.807) is 24.3 Å². The number of aliphatic hydroxyl groups excluding tert-OH is 1. The lowest BCUT2D eigenvalue weighted by Gasteiger charge is -2.32. The standard InChI is InChI=1S/C16H21NO4/c18-11-12-6-2-3-7-13(12)17-14(19)10-16(15(20)21)8-4-1-5-9-16/h2-3,6-7,18H,1,4-5,8-11H2,(H,17,19)(H,20,21). The molecule has 1 amide bonds. The topological polar surface area (TPSA) is 86.6 Å². The van der Waals surface area contributed by atoms with Crippen molar-refractivity contribution in [2.45, 2.75) is 45.1 Å². The van der Waals surface area contributed by atoms with Crippen LogP contribution in [0.3, 0.4) is 0 Å². The number of carbonyl (C=O) groups excluding carboxylic acids is 1. The Morgan fingerprint density at radius 1 is 1.14 bits per heavy atom. The molecule has 1 saturated carbocycles. The van der Waals surface area contributed by atoms with E-state index >= 15 is 0 Å². The molecule has 0 atom stereocenters. The zero-order chi connectivity index (χ0) is 15.3. The molecule has 1 aromatic carbocycles. The van der Waals surface area contributed by atoms with E-state index in [0.717, 1.165) is 19.3 Å². The Hall–Kier alpha value is -1.88. The summed E-state index contributed by atoms with van der Waals surface area (Å²) in [6.07, 6.45) is 3.83. The van der Waals surface area contributed by atoms with Crippen LogP contribution in [0.15, 0.2) is 24.3 Å². The van der Waals surface area contributed by atoms with Crippen LogP contribution in [0.5, 0.6) is 0 Å². The first-order valence-electron chi connectivity index (χ1n) is 7.29. The van der Waals surface area contributed by atoms with Crippen molar-refractivity contribution < 1.29 is 19.8 Å². The molecular formula is C16H21NO4. The summed E-state index contributed by atoms with van der Waals surface area (Å²) in [5.74, 6) is -1.19. The van der Waals surface area contributed by atoms with E-state index in [1.807, 2.05) is 0 Å². The normalized spacial score (nSPS) is 17.2. The monoisotopic (exact) mass is 291 g/mol. The second kappa shape index (κ2) is 6.72. The molecule has 3 N–H and O–H groups in total. The Kier molecular flexibility index (Phi) is 4.96. The molecule has 0 bridgehead atoms. The van der Waals surface area contributed by atoms with Crippen molar-refractivity contribution in [2.24, 2.45) is 5.41 Å². The summed E-state index contributed by atoms with van der Waals surface area (Å²) in [5, 5.41) is 21.5. The van der Waals surface area contributed by atoms with Gasteiger partial charge in [0.2, 0.25) is 5.91 Å². The number of aliphatic hydroxyl groups is 1. The lowest BCUT2D eigenvalue weighted by molar-refractivity contribution is -0.153.